The molecule has 0 saturated heterocycles. The van der Waals surface area contributed by atoms with E-state index >= 15 is 0 Å². The molecule has 0 fully saturated rings. The number of benzene rings is 1. The van der Waals surface area contributed by atoms with Crippen LogP contribution in [0.15, 0.2) is 18.2 Å². The van der Waals surface area contributed by atoms with Crippen molar-refractivity contribution in [2.45, 2.75) is 65.6 Å². The number of aliphatic carboxylic acids is 1. The molecule has 0 bridgehead atoms. The van der Waals surface area contributed by atoms with Crippen LogP contribution in [0.2, 0.25) is 18.1 Å². The van der Waals surface area contributed by atoms with Gasteiger partial charge in [-0.3, -0.25) is 14.9 Å². The van der Waals surface area contributed by atoms with Gasteiger partial charge in [-0.25, -0.2) is 0 Å². The second kappa shape index (κ2) is 10.9. The summed E-state index contributed by atoms with van der Waals surface area (Å²) in [5.41, 5.74) is 0.459. The van der Waals surface area contributed by atoms with Crippen molar-refractivity contribution in [1.82, 2.24) is 5.32 Å². The van der Waals surface area contributed by atoms with E-state index in [0.29, 0.717) is 37.2 Å². The summed E-state index contributed by atoms with van der Waals surface area (Å²) in [4.78, 5) is 22.0. The van der Waals surface area contributed by atoms with Crippen LogP contribution in [-0.4, -0.2) is 44.0 Å². The van der Waals surface area contributed by atoms with Crippen LogP contribution in [0.3, 0.4) is 0 Å². The highest BCUT2D eigenvalue weighted by molar-refractivity contribution is 6.74. The maximum Gasteiger partial charge on any atom is 0.304 e. The van der Waals surface area contributed by atoms with Gasteiger partial charge in [-0.15, -0.1) is 0 Å². The molecule has 8 heteroatoms. The van der Waals surface area contributed by atoms with Crippen LogP contribution >= 0.6 is 0 Å². The molecule has 0 radical (unpaired) electrons. The normalized spacial score (nSPS) is 12.2. The number of nitro benzene ring substituents is 1. The summed E-state index contributed by atoms with van der Waals surface area (Å²) in [5.74, 6) is 4.85. The number of hydrogen-bond donors (Lipinski definition) is 2. The lowest BCUT2D eigenvalue weighted by molar-refractivity contribution is -0.385. The van der Waals surface area contributed by atoms with E-state index in [9.17, 15) is 14.9 Å². The molecule has 0 amide bonds. The lowest BCUT2D eigenvalue weighted by atomic mass is 9.90. The Morgan fingerprint density at radius 2 is 1.87 bits per heavy atom. The zero-order valence-electron chi connectivity index (χ0n) is 19.8. The van der Waals surface area contributed by atoms with Crippen LogP contribution in [0.4, 0.5) is 5.69 Å². The summed E-state index contributed by atoms with van der Waals surface area (Å²) in [6, 6.07) is 4.92. The third-order valence-electron chi connectivity index (χ3n) is 5.54. The van der Waals surface area contributed by atoms with Gasteiger partial charge in [0, 0.05) is 35.8 Å². The van der Waals surface area contributed by atoms with E-state index in [4.69, 9.17) is 9.53 Å². The Bertz CT molecular complexity index is 848. The van der Waals surface area contributed by atoms with Crippen molar-refractivity contribution in [3.05, 3.63) is 39.4 Å². The van der Waals surface area contributed by atoms with Gasteiger partial charge in [0.15, 0.2) is 8.32 Å². The van der Waals surface area contributed by atoms with Gasteiger partial charge >= 0.3 is 5.97 Å². The van der Waals surface area contributed by atoms with Crippen LogP contribution < -0.4 is 5.32 Å². The van der Waals surface area contributed by atoms with Crippen molar-refractivity contribution in [1.29, 1.82) is 0 Å². The van der Waals surface area contributed by atoms with Gasteiger partial charge in [0.25, 0.3) is 5.69 Å². The lowest BCUT2D eigenvalue weighted by Crippen LogP contribution is -2.42. The second-order valence-electron chi connectivity index (χ2n) is 9.91. The topological polar surface area (TPSA) is 102 Å². The summed E-state index contributed by atoms with van der Waals surface area (Å²) < 4.78 is 6.12. The number of rotatable bonds is 10. The minimum absolute atomic E-state index is 0.0298. The Morgan fingerprint density at radius 3 is 2.42 bits per heavy atom. The van der Waals surface area contributed by atoms with Gasteiger partial charge in [-0.05, 0) is 51.0 Å². The smallest absolute Gasteiger partial charge is 0.304 e. The fourth-order valence-electron chi connectivity index (χ4n) is 2.63. The molecule has 2 N–H and O–H groups in total. The zero-order chi connectivity index (χ0) is 23.9. The molecule has 7 nitrogen and oxygen atoms in total. The van der Waals surface area contributed by atoms with E-state index < -0.39 is 24.6 Å². The molecular formula is C23H36N2O5Si. The van der Waals surface area contributed by atoms with Gasteiger partial charge in [0.05, 0.1) is 11.3 Å². The quantitative estimate of drug-likeness (QED) is 0.178. The number of nitrogens with one attached hydrogen (secondary N) is 1. The molecule has 1 rings (SSSR count). The van der Waals surface area contributed by atoms with Crippen molar-refractivity contribution < 1.29 is 19.3 Å². The number of carboxylic acids is 1. The number of carbonyl (C=O) groups is 1. The third-order valence-corrected chi connectivity index (χ3v) is 10.1. The van der Waals surface area contributed by atoms with E-state index in [0.717, 1.165) is 0 Å². The van der Waals surface area contributed by atoms with Gasteiger partial charge < -0.3 is 14.8 Å². The van der Waals surface area contributed by atoms with Gasteiger partial charge in [0.1, 0.15) is 0 Å². The molecule has 0 heterocycles. The minimum atomic E-state index is -1.76. The number of nitro groups is 1. The maximum absolute atomic E-state index is 11.5. The summed E-state index contributed by atoms with van der Waals surface area (Å²) in [6.45, 7) is 16.4. The van der Waals surface area contributed by atoms with Crippen molar-refractivity contribution >= 4 is 20.0 Å². The highest BCUT2D eigenvalue weighted by atomic mass is 28.4. The highest BCUT2D eigenvalue weighted by Crippen LogP contribution is 2.36. The Kier molecular flexibility index (Phi) is 9.42. The van der Waals surface area contributed by atoms with Crippen molar-refractivity contribution in [3.63, 3.8) is 0 Å². The van der Waals surface area contributed by atoms with Gasteiger partial charge in [-0.2, -0.15) is 0 Å². The molecule has 31 heavy (non-hydrogen) atoms. The first-order valence-corrected chi connectivity index (χ1v) is 13.4. The van der Waals surface area contributed by atoms with Crippen molar-refractivity contribution in [2.24, 2.45) is 5.41 Å². The van der Waals surface area contributed by atoms with E-state index in [1.807, 2.05) is 0 Å². The van der Waals surface area contributed by atoms with Crippen LogP contribution in [-0.2, 0) is 15.6 Å². The average Bonchev–Trinajstić information content (AvgIpc) is 2.61. The SMILES string of the molecule is CC(C)(C#Cc1ccc(CCNCCO[Si](C)(C)C(C)(C)C)c([N+](=O)[O-])c1)CC(=O)O. The first kappa shape index (κ1) is 26.8. The first-order chi connectivity index (χ1) is 14.1. The standard InChI is InChI=1S/C23H36N2O5Si/c1-22(2,3)31(6,7)30-15-14-24-13-11-19-9-8-18(16-20(19)25(28)29)10-12-23(4,5)17-21(26)27/h8-9,16,24H,11,13-15,17H2,1-7H3,(H,26,27). The monoisotopic (exact) mass is 448 g/mol. The molecule has 0 aliphatic rings. The first-order valence-electron chi connectivity index (χ1n) is 10.5. The fourth-order valence-corrected chi connectivity index (χ4v) is 3.67. The average molecular weight is 449 g/mol. The molecule has 1 aromatic rings. The molecule has 0 aliphatic carbocycles. The molecular weight excluding hydrogens is 412 g/mol. The summed E-state index contributed by atoms with van der Waals surface area (Å²) in [5, 5.41) is 23.9. The Labute approximate surface area is 186 Å². The maximum atomic E-state index is 11.5. The number of carboxylic acid groups (broad SMARTS) is 1. The lowest BCUT2D eigenvalue weighted by Gasteiger charge is -2.36. The summed E-state index contributed by atoms with van der Waals surface area (Å²) in [7, 11) is -1.76. The van der Waals surface area contributed by atoms with Crippen LogP contribution in [0.1, 0.15) is 52.2 Å². The molecule has 1 aromatic carbocycles. The molecule has 0 aliphatic heterocycles. The molecule has 0 saturated carbocycles. The van der Waals surface area contributed by atoms with Crippen LogP contribution in [0.5, 0.6) is 0 Å². The molecule has 0 atom stereocenters. The third kappa shape index (κ3) is 9.21. The van der Waals surface area contributed by atoms with Crippen molar-refractivity contribution in [3.8, 4) is 11.8 Å². The highest BCUT2D eigenvalue weighted by Gasteiger charge is 2.36. The van der Waals surface area contributed by atoms with Gasteiger partial charge in [-0.1, -0.05) is 38.7 Å². The molecule has 0 unspecified atom stereocenters. The predicted molar refractivity (Wildman–Crippen MR) is 126 cm³/mol. The van der Waals surface area contributed by atoms with E-state index in [-0.39, 0.29) is 17.1 Å². The van der Waals surface area contributed by atoms with Gasteiger partial charge in [0.2, 0.25) is 0 Å². The largest absolute Gasteiger partial charge is 0.481 e. The Morgan fingerprint density at radius 1 is 1.23 bits per heavy atom. The minimum Gasteiger partial charge on any atom is -0.481 e. The number of hydrogen-bond acceptors (Lipinski definition) is 5. The van der Waals surface area contributed by atoms with E-state index in [1.54, 1.807) is 26.0 Å². The predicted octanol–water partition coefficient (Wildman–Crippen LogP) is 4.60. The Balaban J connectivity index is 2.69. The zero-order valence-corrected chi connectivity index (χ0v) is 20.8. The molecule has 172 valence electrons. The number of nitrogens with zero attached hydrogens (tertiary/aromatic N) is 1. The van der Waals surface area contributed by atoms with E-state index in [1.165, 1.54) is 6.07 Å². The summed E-state index contributed by atoms with van der Waals surface area (Å²) in [6.07, 6.45) is 0.430. The molecule has 0 spiro atoms. The molecule has 0 aromatic heterocycles. The van der Waals surface area contributed by atoms with Crippen molar-refractivity contribution in [2.75, 3.05) is 19.7 Å². The second-order valence-corrected chi connectivity index (χ2v) is 14.7. The van der Waals surface area contributed by atoms with Crippen LogP contribution in [0.25, 0.3) is 0 Å². The fraction of sp³-hybridized carbons (Fsp3) is 0.609. The van der Waals surface area contributed by atoms with E-state index in [2.05, 4.69) is 51.0 Å². The summed E-state index contributed by atoms with van der Waals surface area (Å²) >= 11 is 0. The van der Waals surface area contributed by atoms with Crippen LogP contribution in [0, 0.1) is 27.4 Å². The Hall–Kier alpha value is -2.21.